The molecule has 0 aliphatic rings. The number of hydrogen-bond acceptors (Lipinski definition) is 7. The maximum Gasteiger partial charge on any atom is 0.278 e. The molecule has 1 amide bonds. The van der Waals surface area contributed by atoms with Gasteiger partial charge in [0.25, 0.3) is 15.6 Å². The molecule has 0 spiro atoms. The lowest BCUT2D eigenvalue weighted by atomic mass is 10.2. The van der Waals surface area contributed by atoms with Crippen LogP contribution in [0, 0.1) is 6.92 Å². The topological polar surface area (TPSA) is 122 Å². The van der Waals surface area contributed by atoms with E-state index in [1.807, 2.05) is 17.7 Å². The highest BCUT2D eigenvalue weighted by Gasteiger charge is 2.18. The average molecular weight is 416 g/mol. The van der Waals surface area contributed by atoms with E-state index in [1.165, 1.54) is 12.1 Å². The molecule has 0 saturated heterocycles. The zero-order valence-corrected chi connectivity index (χ0v) is 16.4. The van der Waals surface area contributed by atoms with Gasteiger partial charge in [-0.3, -0.25) is 14.6 Å². The molecule has 0 radical (unpaired) electrons. The van der Waals surface area contributed by atoms with Crippen molar-refractivity contribution in [3.05, 3.63) is 70.5 Å². The number of aromatic nitrogens is 3. The van der Waals surface area contributed by atoms with Crippen LogP contribution in [0.15, 0.2) is 69.4 Å². The third kappa shape index (κ3) is 4.84. The molecule has 0 aliphatic heterocycles. The predicted octanol–water partition coefficient (Wildman–Crippen LogP) is 1.74. The van der Waals surface area contributed by atoms with Crippen molar-refractivity contribution in [1.82, 2.24) is 19.9 Å². The Bertz CT molecular complexity index is 1140. The van der Waals surface area contributed by atoms with Crippen molar-refractivity contribution < 1.29 is 13.2 Å². The number of rotatable bonds is 6. The number of amides is 1. The summed E-state index contributed by atoms with van der Waals surface area (Å²) in [5.41, 5.74) is 1.24. The monoisotopic (exact) mass is 416 g/mol. The molecule has 8 nitrogen and oxygen atoms in total. The van der Waals surface area contributed by atoms with Crippen LogP contribution in [0.5, 0.6) is 0 Å². The number of nitrogens with zero attached hydrogens (tertiary/aromatic N) is 2. The van der Waals surface area contributed by atoms with Crippen LogP contribution >= 0.6 is 11.8 Å². The van der Waals surface area contributed by atoms with Gasteiger partial charge in [-0.05, 0) is 19.1 Å². The van der Waals surface area contributed by atoms with Crippen molar-refractivity contribution in [3.63, 3.8) is 0 Å². The van der Waals surface area contributed by atoms with Crippen LogP contribution in [0.1, 0.15) is 5.56 Å². The summed E-state index contributed by atoms with van der Waals surface area (Å²) >= 11 is 0.879. The first-order chi connectivity index (χ1) is 13.3. The molecule has 28 heavy (non-hydrogen) atoms. The summed E-state index contributed by atoms with van der Waals surface area (Å²) in [4.78, 5) is 26.7. The second-order valence-electron chi connectivity index (χ2n) is 5.80. The number of aryl methyl sites for hydroxylation is 1. The molecular weight excluding hydrogens is 400 g/mol. The Balaban J connectivity index is 1.64. The SMILES string of the molecule is Cc1ccc(S(=O)(=O)NC(=O)CSc2nnc(-c3ccccc3)c(=O)[nH]2)cc1. The van der Waals surface area contributed by atoms with Gasteiger partial charge in [0, 0.05) is 5.56 Å². The van der Waals surface area contributed by atoms with E-state index in [0.717, 1.165) is 17.3 Å². The van der Waals surface area contributed by atoms with E-state index in [1.54, 1.807) is 36.4 Å². The molecule has 2 N–H and O–H groups in total. The third-order valence-electron chi connectivity index (χ3n) is 3.64. The molecule has 0 atom stereocenters. The first kappa shape index (κ1) is 19.8. The lowest BCUT2D eigenvalue weighted by molar-refractivity contribution is -0.116. The average Bonchev–Trinajstić information content (AvgIpc) is 2.67. The lowest BCUT2D eigenvalue weighted by Gasteiger charge is -2.07. The minimum absolute atomic E-state index is 0.00290. The molecule has 3 aromatic rings. The molecule has 3 rings (SSSR count). The normalized spacial score (nSPS) is 11.2. The largest absolute Gasteiger partial charge is 0.298 e. The number of H-pyrrole nitrogens is 1. The Hall–Kier alpha value is -2.98. The Morgan fingerprint density at radius 1 is 1.07 bits per heavy atom. The van der Waals surface area contributed by atoms with Crippen LogP contribution in [-0.4, -0.2) is 35.3 Å². The van der Waals surface area contributed by atoms with E-state index in [-0.39, 0.29) is 21.5 Å². The van der Waals surface area contributed by atoms with Crippen molar-refractivity contribution in [2.75, 3.05) is 5.75 Å². The fraction of sp³-hybridized carbons (Fsp3) is 0.111. The standard InChI is InChI=1S/C18H16N4O4S2/c1-12-7-9-14(10-8-12)28(25,26)22-15(23)11-27-18-19-17(24)16(20-21-18)13-5-3-2-4-6-13/h2-10H,11H2,1H3,(H,22,23)(H,19,21,24). The third-order valence-corrected chi connectivity index (χ3v) is 5.90. The molecule has 0 saturated carbocycles. The van der Waals surface area contributed by atoms with Crippen LogP contribution < -0.4 is 10.3 Å². The molecule has 0 aliphatic carbocycles. The van der Waals surface area contributed by atoms with Crippen molar-refractivity contribution in [1.29, 1.82) is 0 Å². The highest BCUT2D eigenvalue weighted by Crippen LogP contribution is 2.15. The first-order valence-corrected chi connectivity index (χ1v) is 10.6. The summed E-state index contributed by atoms with van der Waals surface area (Å²) in [6.07, 6.45) is 0. The first-order valence-electron chi connectivity index (χ1n) is 8.13. The summed E-state index contributed by atoms with van der Waals surface area (Å²) in [7, 11) is -3.95. The second kappa shape index (κ2) is 8.36. The zero-order valence-electron chi connectivity index (χ0n) is 14.7. The molecule has 0 fully saturated rings. The molecule has 1 heterocycles. The quantitative estimate of drug-likeness (QED) is 0.587. The van der Waals surface area contributed by atoms with Crippen molar-refractivity contribution in [3.8, 4) is 11.3 Å². The van der Waals surface area contributed by atoms with Gasteiger partial charge in [0.05, 0.1) is 10.6 Å². The minimum atomic E-state index is -3.95. The predicted molar refractivity (Wildman–Crippen MR) is 105 cm³/mol. The zero-order chi connectivity index (χ0) is 20.1. The van der Waals surface area contributed by atoms with E-state index in [2.05, 4.69) is 15.2 Å². The van der Waals surface area contributed by atoms with Crippen LogP contribution in [-0.2, 0) is 14.8 Å². The van der Waals surface area contributed by atoms with Gasteiger partial charge in [-0.15, -0.1) is 10.2 Å². The fourth-order valence-electron chi connectivity index (χ4n) is 2.26. The van der Waals surface area contributed by atoms with E-state index >= 15 is 0 Å². The van der Waals surface area contributed by atoms with Crippen molar-refractivity contribution >= 4 is 27.7 Å². The fourth-order valence-corrected chi connectivity index (χ4v) is 3.94. The van der Waals surface area contributed by atoms with Gasteiger partial charge in [-0.1, -0.05) is 59.8 Å². The van der Waals surface area contributed by atoms with E-state index < -0.39 is 21.5 Å². The van der Waals surface area contributed by atoms with Gasteiger partial charge >= 0.3 is 0 Å². The smallest absolute Gasteiger partial charge is 0.278 e. The molecule has 1 aromatic heterocycles. The van der Waals surface area contributed by atoms with Gasteiger partial charge in [-0.2, -0.15) is 0 Å². The van der Waals surface area contributed by atoms with Crippen LogP contribution in [0.3, 0.4) is 0 Å². The van der Waals surface area contributed by atoms with Gasteiger partial charge in [0.1, 0.15) is 0 Å². The van der Waals surface area contributed by atoms with E-state index in [4.69, 9.17) is 0 Å². The number of carbonyl (C=O) groups excluding carboxylic acids is 1. The summed E-state index contributed by atoms with van der Waals surface area (Å²) in [5, 5.41) is 7.89. The number of benzene rings is 2. The molecule has 144 valence electrons. The number of carbonyl (C=O) groups is 1. The maximum atomic E-state index is 12.2. The highest BCUT2D eigenvalue weighted by molar-refractivity contribution is 8.00. The molecule has 2 aromatic carbocycles. The summed E-state index contributed by atoms with van der Waals surface area (Å²) in [6, 6.07) is 15.0. The molecule has 10 heteroatoms. The van der Waals surface area contributed by atoms with Gasteiger partial charge < -0.3 is 0 Å². The molecule has 0 unspecified atom stereocenters. The summed E-state index contributed by atoms with van der Waals surface area (Å²) < 4.78 is 26.4. The van der Waals surface area contributed by atoms with Gasteiger partial charge in [0.2, 0.25) is 5.91 Å². The van der Waals surface area contributed by atoms with Gasteiger partial charge in [-0.25, -0.2) is 13.1 Å². The Labute approximate surface area is 165 Å². The summed E-state index contributed by atoms with van der Waals surface area (Å²) in [5.74, 6) is -0.985. The van der Waals surface area contributed by atoms with Crippen molar-refractivity contribution in [2.24, 2.45) is 0 Å². The van der Waals surface area contributed by atoms with E-state index in [9.17, 15) is 18.0 Å². The number of aromatic amines is 1. The number of hydrogen-bond donors (Lipinski definition) is 2. The number of sulfonamides is 1. The second-order valence-corrected chi connectivity index (χ2v) is 8.45. The molecule has 0 bridgehead atoms. The van der Waals surface area contributed by atoms with Crippen LogP contribution in [0.25, 0.3) is 11.3 Å². The number of thioether (sulfide) groups is 1. The maximum absolute atomic E-state index is 12.2. The summed E-state index contributed by atoms with van der Waals surface area (Å²) in [6.45, 7) is 1.83. The minimum Gasteiger partial charge on any atom is -0.298 e. The Morgan fingerprint density at radius 3 is 2.39 bits per heavy atom. The van der Waals surface area contributed by atoms with E-state index in [0.29, 0.717) is 5.56 Å². The highest BCUT2D eigenvalue weighted by atomic mass is 32.2. The Morgan fingerprint density at radius 2 is 1.75 bits per heavy atom. The Kier molecular flexibility index (Phi) is 5.90. The van der Waals surface area contributed by atoms with Crippen LogP contribution in [0.2, 0.25) is 0 Å². The van der Waals surface area contributed by atoms with Gasteiger partial charge in [0.15, 0.2) is 10.9 Å². The van der Waals surface area contributed by atoms with Crippen LogP contribution in [0.4, 0.5) is 0 Å². The van der Waals surface area contributed by atoms with Crippen molar-refractivity contribution in [2.45, 2.75) is 17.0 Å². The number of nitrogens with one attached hydrogen (secondary N) is 2. The lowest BCUT2D eigenvalue weighted by Crippen LogP contribution is -2.32. The molecular formula is C18H16N4O4S2.